The average Bonchev–Trinajstić information content (AvgIpc) is 0.830. The molecule has 0 saturated carbocycles. The minimum Gasteiger partial charge on any atom is -0.460 e. The van der Waals surface area contributed by atoms with Gasteiger partial charge in [-0.1, -0.05) is 65.3 Å². The second-order valence-corrected chi connectivity index (χ2v) is 28.0. The lowest BCUT2D eigenvalue weighted by Gasteiger charge is -2.08. The van der Waals surface area contributed by atoms with Crippen molar-refractivity contribution in [3.8, 4) is 59.2 Å². The molecule has 0 heterocycles. The number of carbonyl (C=O) groups excluding carboxylic acids is 6. The third kappa shape index (κ3) is 47.3. The first-order valence-corrected chi connectivity index (χ1v) is 43.2. The molecule has 135 heavy (non-hydrogen) atoms. The zero-order valence-corrected chi connectivity index (χ0v) is 76.8. The van der Waals surface area contributed by atoms with Crippen LogP contribution in [-0.4, -0.2) is 327 Å². The summed E-state index contributed by atoms with van der Waals surface area (Å²) in [6, 6.07) is 35.3. The number of benzene rings is 7. The summed E-state index contributed by atoms with van der Waals surface area (Å²) < 4.78 is 131. The molecule has 0 bridgehead atoms. The number of nitro groups is 1. The Balaban J connectivity index is 1.29. The fourth-order valence-electron chi connectivity index (χ4n) is 11.2. The minimum absolute atomic E-state index is 0.00693. The molecule has 0 saturated heterocycles. The molecule has 34 nitrogen and oxygen atoms in total. The molecule has 0 atom stereocenters. The van der Waals surface area contributed by atoms with E-state index in [1.165, 1.54) is 91.1 Å². The number of aliphatic imine (C=N–C) groups is 1. The van der Waals surface area contributed by atoms with Crippen molar-refractivity contribution in [1.29, 1.82) is 0 Å². The van der Waals surface area contributed by atoms with Gasteiger partial charge in [-0.25, -0.2) is 28.8 Å². The van der Waals surface area contributed by atoms with E-state index in [-0.39, 0.29) is 216 Å². The van der Waals surface area contributed by atoms with Crippen LogP contribution in [0.4, 0.5) is 11.4 Å². The monoisotopic (exact) mass is 1870 g/mol. The molecule has 0 fully saturated rings. The summed E-state index contributed by atoms with van der Waals surface area (Å²) in [7, 11) is 9.40. The first-order chi connectivity index (χ1) is 66.1. The van der Waals surface area contributed by atoms with Crippen molar-refractivity contribution in [3.05, 3.63) is 244 Å². The van der Waals surface area contributed by atoms with Crippen LogP contribution in [-0.2, 0) is 114 Å². The number of nitrogens with zero attached hydrogens (tertiary/aromatic N) is 2. The van der Waals surface area contributed by atoms with E-state index in [0.29, 0.717) is 128 Å². The molecule has 0 aliphatic heterocycles. The highest BCUT2D eigenvalue weighted by Crippen LogP contribution is 2.23. The van der Waals surface area contributed by atoms with Crippen LogP contribution in [0.5, 0.6) is 0 Å². The van der Waals surface area contributed by atoms with Gasteiger partial charge in [-0.15, -0.1) is 0 Å². The van der Waals surface area contributed by atoms with Crippen molar-refractivity contribution in [2.75, 3.05) is 281 Å². The van der Waals surface area contributed by atoms with Crippen LogP contribution < -0.4 is 0 Å². The van der Waals surface area contributed by atoms with Gasteiger partial charge in [0.1, 0.15) is 39.6 Å². The molecular formula is C101H114N2O32. The van der Waals surface area contributed by atoms with Crippen molar-refractivity contribution in [2.24, 2.45) is 4.99 Å². The zero-order chi connectivity index (χ0) is 96.2. The summed E-state index contributed by atoms with van der Waals surface area (Å²) >= 11 is 0. The van der Waals surface area contributed by atoms with E-state index >= 15 is 0 Å². The topological polar surface area (TPSA) is 379 Å². The number of methoxy groups -OCH3 is 6. The van der Waals surface area contributed by atoms with Crippen molar-refractivity contribution in [2.45, 2.75) is 0 Å². The van der Waals surface area contributed by atoms with Crippen LogP contribution in [0.2, 0.25) is 0 Å². The maximum atomic E-state index is 14.2. The highest BCUT2D eigenvalue weighted by atomic mass is 16.6. The van der Waals surface area contributed by atoms with Gasteiger partial charge in [-0.2, -0.15) is 0 Å². The Bertz CT molecular complexity index is 5190. The van der Waals surface area contributed by atoms with E-state index in [1.807, 2.05) is 0 Å². The van der Waals surface area contributed by atoms with Crippen molar-refractivity contribution < 1.29 is 147 Å². The third-order valence-electron chi connectivity index (χ3n) is 17.7. The Morgan fingerprint density at radius 2 is 0.444 bits per heavy atom. The van der Waals surface area contributed by atoms with Gasteiger partial charge in [0.25, 0.3) is 5.69 Å². The molecule has 0 N–H and O–H groups in total. The molecule has 0 spiro atoms. The Kier molecular flexibility index (Phi) is 55.6. The number of carbonyl (C=O) groups is 6. The second kappa shape index (κ2) is 68.5. The second-order valence-electron chi connectivity index (χ2n) is 28.0. The molecule has 0 aliphatic rings. The highest BCUT2D eigenvalue weighted by molar-refractivity contribution is 5.94. The lowest BCUT2D eigenvalue weighted by molar-refractivity contribution is -0.384. The Labute approximate surface area is 786 Å². The fourth-order valence-corrected chi connectivity index (χ4v) is 11.2. The molecule has 7 aromatic rings. The number of nitro benzene ring substituents is 1. The van der Waals surface area contributed by atoms with E-state index in [4.69, 9.17) is 114 Å². The first kappa shape index (κ1) is 110. The van der Waals surface area contributed by atoms with Crippen LogP contribution in [0.1, 0.15) is 123 Å². The SMILES string of the molecule is COCCOCCOCCOC(=O)c1cccc(C#Cc2cc(C#Cc3cc(C#Cc4cc(C#Cc5cc(C#Cc6cc(N=Cc7ccc([N+](=O)[O-])cc7)cc(C(=O)OCCOCCOCCOC)c6)cc(C(=O)OCCOCCOCCOC)c5)cc(C(=O)OCCOCCOCCOC)c4)cc(C(=O)OCCOCCOCCOC)c3)cc(C(=O)OCCOCCOCCOC)c2)c1. The largest absolute Gasteiger partial charge is 0.460 e. The Morgan fingerprint density at radius 3 is 0.681 bits per heavy atom. The quantitative estimate of drug-likeness (QED) is 0.00651. The van der Waals surface area contributed by atoms with Gasteiger partial charge in [0.2, 0.25) is 0 Å². The number of rotatable bonds is 63. The number of hydrogen-bond donors (Lipinski definition) is 0. The number of non-ortho nitro benzene ring substituents is 1. The Hall–Kier alpha value is -12.5. The van der Waals surface area contributed by atoms with Gasteiger partial charge >= 0.3 is 35.8 Å². The van der Waals surface area contributed by atoms with E-state index < -0.39 is 40.7 Å². The van der Waals surface area contributed by atoms with Crippen molar-refractivity contribution >= 4 is 53.4 Å². The zero-order valence-electron chi connectivity index (χ0n) is 76.8. The third-order valence-corrected chi connectivity index (χ3v) is 17.7. The minimum atomic E-state index is -0.767. The summed E-state index contributed by atoms with van der Waals surface area (Å²) in [6.45, 7) is 7.67. The lowest BCUT2D eigenvalue weighted by atomic mass is 10.0. The molecule has 720 valence electrons. The summed E-state index contributed by atoms with van der Waals surface area (Å²) in [6.07, 6.45) is 1.46. The molecule has 0 aromatic heterocycles. The number of hydrogen-bond acceptors (Lipinski definition) is 33. The summed E-state index contributed by atoms with van der Waals surface area (Å²) in [5, 5.41) is 11.5. The predicted octanol–water partition coefficient (Wildman–Crippen LogP) is 9.36. The summed E-state index contributed by atoms with van der Waals surface area (Å²) in [4.78, 5) is 98.9. The van der Waals surface area contributed by atoms with Gasteiger partial charge in [-0.3, -0.25) is 15.1 Å². The Morgan fingerprint density at radius 1 is 0.244 bits per heavy atom. The maximum absolute atomic E-state index is 14.2. The molecule has 0 aliphatic carbocycles. The number of esters is 6. The molecule has 7 aromatic carbocycles. The summed E-state index contributed by atoms with van der Waals surface area (Å²) in [5.74, 6) is 26.8. The van der Waals surface area contributed by atoms with Crippen LogP contribution in [0.15, 0.2) is 145 Å². The van der Waals surface area contributed by atoms with Crippen LogP contribution in [0.25, 0.3) is 0 Å². The molecule has 34 heteroatoms. The van der Waals surface area contributed by atoms with E-state index in [9.17, 15) is 38.9 Å². The molecular weight excluding hydrogens is 1750 g/mol. The van der Waals surface area contributed by atoms with Crippen molar-refractivity contribution in [3.63, 3.8) is 0 Å². The highest BCUT2D eigenvalue weighted by Gasteiger charge is 2.18. The van der Waals surface area contributed by atoms with Crippen LogP contribution >= 0.6 is 0 Å². The molecule has 0 radical (unpaired) electrons. The standard InChI is InChI=1S/C101H114N2O32/c1-112-24-30-118-36-42-124-48-54-130-96(104)88-9-7-8-77(64-88)10-11-79-60-80(66-89(65-79)97(105)131-55-49-125-43-37-119-31-25-113-2)12-13-81-61-82(68-90(67-81)98(106)132-56-50-126-44-38-120-32-26-114-3)14-15-83-62-84(70-91(69-83)99(107)133-57-51-127-45-39-121-33-27-115-4)16-17-85-63-86(72-92(71-85)100(108)134-58-52-128-46-40-122-34-28-116-5)18-19-87-73-93(101(109)135-59-53-129-47-41-123-35-29-117-6)75-94(74-87)102-76-78-20-22-95(23-21-78)103(110)111/h7-9,20-23,60-76H,24-59H2,1-6H3. The van der Waals surface area contributed by atoms with E-state index in [1.54, 1.807) is 97.3 Å². The fraction of sp³-hybridized carbons (Fsp3) is 0.416. The van der Waals surface area contributed by atoms with E-state index in [0.717, 1.165) is 0 Å². The van der Waals surface area contributed by atoms with Gasteiger partial charge in [0, 0.05) is 117 Å². The van der Waals surface area contributed by atoms with Crippen LogP contribution in [0, 0.1) is 69.3 Å². The van der Waals surface area contributed by atoms with Crippen LogP contribution in [0.3, 0.4) is 0 Å². The smallest absolute Gasteiger partial charge is 0.338 e. The molecule has 0 amide bonds. The maximum Gasteiger partial charge on any atom is 0.338 e. The normalized spacial score (nSPS) is 10.8. The molecule has 0 unspecified atom stereocenters. The predicted molar refractivity (Wildman–Crippen MR) is 492 cm³/mol. The molecule has 7 rings (SSSR count). The van der Waals surface area contributed by atoms with Gasteiger partial charge in [-0.05, 0) is 127 Å². The summed E-state index contributed by atoms with van der Waals surface area (Å²) in [5.41, 5.74) is 4.01. The van der Waals surface area contributed by atoms with Gasteiger partial charge in [0.05, 0.1) is 242 Å². The van der Waals surface area contributed by atoms with Gasteiger partial charge in [0.15, 0.2) is 0 Å². The van der Waals surface area contributed by atoms with Gasteiger partial charge < -0.3 is 114 Å². The van der Waals surface area contributed by atoms with E-state index in [2.05, 4.69) is 64.2 Å². The average molecular weight is 1870 g/mol. The lowest BCUT2D eigenvalue weighted by Crippen LogP contribution is -2.14. The van der Waals surface area contributed by atoms with Crippen molar-refractivity contribution in [1.82, 2.24) is 0 Å². The number of ether oxygens (including phenoxy) is 24. The first-order valence-electron chi connectivity index (χ1n) is 43.2.